The van der Waals surface area contributed by atoms with Crippen molar-refractivity contribution in [2.24, 2.45) is 0 Å². The molecule has 25 heavy (non-hydrogen) atoms. The Hall–Kier alpha value is -2.69. The molecule has 0 aromatic heterocycles. The highest BCUT2D eigenvalue weighted by Crippen LogP contribution is 2.35. The Kier molecular flexibility index (Phi) is 5.12. The van der Waals surface area contributed by atoms with Crippen molar-refractivity contribution >= 4 is 23.0 Å². The number of ether oxygens (including phenoxy) is 1. The Morgan fingerprint density at radius 1 is 1.28 bits per heavy atom. The third kappa shape index (κ3) is 3.87. The van der Waals surface area contributed by atoms with Crippen LogP contribution in [0.25, 0.3) is 0 Å². The van der Waals surface area contributed by atoms with E-state index in [1.165, 1.54) is 0 Å². The predicted octanol–water partition coefficient (Wildman–Crippen LogP) is 3.45. The average Bonchev–Trinajstić information content (AvgIpc) is 2.61. The maximum atomic E-state index is 12.6. The van der Waals surface area contributed by atoms with Gasteiger partial charge >= 0.3 is 0 Å². The molecule has 0 aliphatic carbocycles. The fourth-order valence-corrected chi connectivity index (χ4v) is 3.12. The molecule has 0 bridgehead atoms. The zero-order valence-electron chi connectivity index (χ0n) is 14.8. The summed E-state index contributed by atoms with van der Waals surface area (Å²) in [6.07, 6.45) is 1.82. The number of anilines is 3. The van der Waals surface area contributed by atoms with Gasteiger partial charge < -0.3 is 20.7 Å². The van der Waals surface area contributed by atoms with Gasteiger partial charge in [-0.2, -0.15) is 0 Å². The first-order valence-electron chi connectivity index (χ1n) is 8.79. The first-order chi connectivity index (χ1) is 12.1. The average molecular weight is 339 g/mol. The maximum Gasteiger partial charge on any atom is 0.243 e. The molecule has 1 amide bonds. The van der Waals surface area contributed by atoms with Gasteiger partial charge in [-0.05, 0) is 36.6 Å². The topological polar surface area (TPSA) is 67.6 Å². The van der Waals surface area contributed by atoms with Crippen molar-refractivity contribution in [2.45, 2.75) is 32.8 Å². The van der Waals surface area contributed by atoms with Gasteiger partial charge in [0.05, 0.1) is 18.8 Å². The molecule has 0 radical (unpaired) electrons. The first-order valence-corrected chi connectivity index (χ1v) is 8.79. The Labute approximate surface area is 148 Å². The molecule has 0 fully saturated rings. The second-order valence-electron chi connectivity index (χ2n) is 6.31. The lowest BCUT2D eigenvalue weighted by atomic mass is 10.1. The highest BCUT2D eigenvalue weighted by Gasteiger charge is 2.26. The van der Waals surface area contributed by atoms with E-state index in [1.807, 2.05) is 42.5 Å². The third-order valence-corrected chi connectivity index (χ3v) is 4.50. The van der Waals surface area contributed by atoms with Gasteiger partial charge in [-0.25, -0.2) is 0 Å². The second-order valence-corrected chi connectivity index (χ2v) is 6.31. The fraction of sp³-hybridized carbons (Fsp3) is 0.350. The van der Waals surface area contributed by atoms with E-state index in [9.17, 15) is 4.79 Å². The summed E-state index contributed by atoms with van der Waals surface area (Å²) in [6, 6.07) is 13.5. The van der Waals surface area contributed by atoms with Crippen LogP contribution in [-0.4, -0.2) is 25.1 Å². The molecule has 3 N–H and O–H groups in total. The quantitative estimate of drug-likeness (QED) is 0.819. The SMILES string of the molecule is CCc1ccccc1NC(=O)CN1CC(CC)Oc2cc(N)ccc21. The molecule has 1 aliphatic heterocycles. The van der Waals surface area contributed by atoms with E-state index in [0.29, 0.717) is 12.2 Å². The lowest BCUT2D eigenvalue weighted by molar-refractivity contribution is -0.115. The number of carbonyl (C=O) groups excluding carboxylic acids is 1. The number of hydrogen-bond acceptors (Lipinski definition) is 4. The van der Waals surface area contributed by atoms with Gasteiger partial charge in [0.2, 0.25) is 5.91 Å². The first kappa shape index (κ1) is 17.1. The molecule has 5 heteroatoms. The van der Waals surface area contributed by atoms with Gasteiger partial charge in [0.1, 0.15) is 11.9 Å². The predicted molar refractivity (Wildman–Crippen MR) is 102 cm³/mol. The number of amides is 1. The molecule has 2 aromatic rings. The molecule has 2 aromatic carbocycles. The number of nitrogens with one attached hydrogen (secondary N) is 1. The lowest BCUT2D eigenvalue weighted by Crippen LogP contribution is -2.43. The molecule has 3 rings (SSSR count). The minimum absolute atomic E-state index is 0.0274. The third-order valence-electron chi connectivity index (χ3n) is 4.50. The van der Waals surface area contributed by atoms with Crippen LogP contribution >= 0.6 is 0 Å². The van der Waals surface area contributed by atoms with E-state index in [0.717, 1.165) is 35.5 Å². The monoisotopic (exact) mass is 339 g/mol. The van der Waals surface area contributed by atoms with Crippen LogP contribution < -0.4 is 20.7 Å². The number of hydrogen-bond donors (Lipinski definition) is 2. The van der Waals surface area contributed by atoms with E-state index in [2.05, 4.69) is 24.1 Å². The zero-order chi connectivity index (χ0) is 17.8. The Bertz CT molecular complexity index is 760. The minimum Gasteiger partial charge on any atom is -0.486 e. The van der Waals surface area contributed by atoms with Crippen molar-refractivity contribution < 1.29 is 9.53 Å². The molecular formula is C20H25N3O2. The molecule has 0 saturated carbocycles. The molecule has 1 unspecified atom stereocenters. The summed E-state index contributed by atoms with van der Waals surface area (Å²) < 4.78 is 5.98. The molecule has 1 aliphatic rings. The fourth-order valence-electron chi connectivity index (χ4n) is 3.12. The Morgan fingerprint density at radius 2 is 2.08 bits per heavy atom. The van der Waals surface area contributed by atoms with Gasteiger partial charge in [0, 0.05) is 17.4 Å². The zero-order valence-corrected chi connectivity index (χ0v) is 14.8. The van der Waals surface area contributed by atoms with Crippen LogP contribution in [0.4, 0.5) is 17.1 Å². The Balaban J connectivity index is 1.76. The number of nitrogen functional groups attached to an aromatic ring is 1. The van der Waals surface area contributed by atoms with Crippen molar-refractivity contribution in [1.29, 1.82) is 0 Å². The summed E-state index contributed by atoms with van der Waals surface area (Å²) in [7, 11) is 0. The number of aryl methyl sites for hydroxylation is 1. The summed E-state index contributed by atoms with van der Waals surface area (Å²) in [4.78, 5) is 14.7. The summed E-state index contributed by atoms with van der Waals surface area (Å²) in [5.41, 5.74) is 9.47. The Morgan fingerprint density at radius 3 is 2.84 bits per heavy atom. The van der Waals surface area contributed by atoms with E-state index in [4.69, 9.17) is 10.5 Å². The molecule has 0 saturated heterocycles. The van der Waals surface area contributed by atoms with Gasteiger partial charge in [0.25, 0.3) is 0 Å². The van der Waals surface area contributed by atoms with Gasteiger partial charge in [-0.15, -0.1) is 0 Å². The summed E-state index contributed by atoms with van der Waals surface area (Å²) in [5.74, 6) is 0.722. The summed E-state index contributed by atoms with van der Waals surface area (Å²) in [6.45, 7) is 5.14. The van der Waals surface area contributed by atoms with Crippen LogP contribution in [-0.2, 0) is 11.2 Å². The number of nitrogens with two attached hydrogens (primary N) is 1. The second kappa shape index (κ2) is 7.47. The standard InChI is InChI=1S/C20H25N3O2/c1-3-14-7-5-6-8-17(14)22-20(24)13-23-12-16(4-2)25-19-11-15(21)9-10-18(19)23/h5-11,16H,3-4,12-13,21H2,1-2H3,(H,22,24). The number of para-hydroxylation sites is 1. The normalized spacial score (nSPS) is 16.1. The molecule has 1 atom stereocenters. The summed E-state index contributed by atoms with van der Waals surface area (Å²) in [5, 5.41) is 3.04. The van der Waals surface area contributed by atoms with Crippen LogP contribution in [0, 0.1) is 0 Å². The van der Waals surface area contributed by atoms with Crippen molar-refractivity contribution in [3.8, 4) is 5.75 Å². The smallest absolute Gasteiger partial charge is 0.243 e. The lowest BCUT2D eigenvalue weighted by Gasteiger charge is -2.35. The highest BCUT2D eigenvalue weighted by atomic mass is 16.5. The molecule has 0 spiro atoms. The van der Waals surface area contributed by atoms with Crippen molar-refractivity contribution in [2.75, 3.05) is 29.0 Å². The molecule has 1 heterocycles. The van der Waals surface area contributed by atoms with E-state index >= 15 is 0 Å². The van der Waals surface area contributed by atoms with Crippen LogP contribution in [0.2, 0.25) is 0 Å². The van der Waals surface area contributed by atoms with E-state index in [-0.39, 0.29) is 18.6 Å². The minimum atomic E-state index is -0.0274. The van der Waals surface area contributed by atoms with Gasteiger partial charge in [0.15, 0.2) is 0 Å². The van der Waals surface area contributed by atoms with E-state index in [1.54, 1.807) is 0 Å². The summed E-state index contributed by atoms with van der Waals surface area (Å²) >= 11 is 0. The highest BCUT2D eigenvalue weighted by molar-refractivity contribution is 5.95. The van der Waals surface area contributed by atoms with Crippen LogP contribution in [0.5, 0.6) is 5.75 Å². The van der Waals surface area contributed by atoms with Gasteiger partial charge in [-0.3, -0.25) is 4.79 Å². The molecule has 132 valence electrons. The van der Waals surface area contributed by atoms with Crippen LogP contribution in [0.3, 0.4) is 0 Å². The van der Waals surface area contributed by atoms with Crippen molar-refractivity contribution in [3.63, 3.8) is 0 Å². The number of rotatable bonds is 5. The molecule has 5 nitrogen and oxygen atoms in total. The van der Waals surface area contributed by atoms with Crippen LogP contribution in [0.15, 0.2) is 42.5 Å². The number of fused-ring (bicyclic) bond motifs is 1. The van der Waals surface area contributed by atoms with E-state index < -0.39 is 0 Å². The molecular weight excluding hydrogens is 314 g/mol. The van der Waals surface area contributed by atoms with Gasteiger partial charge in [-0.1, -0.05) is 32.0 Å². The largest absolute Gasteiger partial charge is 0.486 e. The number of nitrogens with zero attached hydrogens (tertiary/aromatic N) is 1. The maximum absolute atomic E-state index is 12.6. The van der Waals surface area contributed by atoms with Crippen molar-refractivity contribution in [3.05, 3.63) is 48.0 Å². The number of carbonyl (C=O) groups is 1. The van der Waals surface area contributed by atoms with Crippen LogP contribution in [0.1, 0.15) is 25.8 Å². The number of benzene rings is 2. The van der Waals surface area contributed by atoms with Crippen molar-refractivity contribution in [1.82, 2.24) is 0 Å².